The van der Waals surface area contributed by atoms with E-state index < -0.39 is 4.84 Å². The molecule has 0 saturated heterocycles. The van der Waals surface area contributed by atoms with Crippen molar-refractivity contribution in [2.45, 2.75) is 4.84 Å². The summed E-state index contributed by atoms with van der Waals surface area (Å²) in [6, 6.07) is 7.09. The van der Waals surface area contributed by atoms with Gasteiger partial charge in [0.2, 0.25) is 0 Å². The lowest BCUT2D eigenvalue weighted by atomic mass is 10.1. The zero-order chi connectivity index (χ0) is 9.14. The van der Waals surface area contributed by atoms with Crippen LogP contribution in [0.2, 0.25) is 0 Å². The molecule has 0 aromatic heterocycles. The minimum atomic E-state index is -0.968. The molecule has 0 N–H and O–H groups in total. The van der Waals surface area contributed by atoms with Gasteiger partial charge in [-0.15, -0.1) is 0 Å². The molecule has 0 radical (unpaired) electrons. The Kier molecular flexibility index (Phi) is 3.80. The van der Waals surface area contributed by atoms with Gasteiger partial charge >= 0.3 is 0 Å². The van der Waals surface area contributed by atoms with Crippen molar-refractivity contribution in [3.63, 3.8) is 0 Å². The van der Waals surface area contributed by atoms with E-state index in [2.05, 4.69) is 22.6 Å². The summed E-state index contributed by atoms with van der Waals surface area (Å²) in [5.41, 5.74) is 0.547. The van der Waals surface area contributed by atoms with Gasteiger partial charge in [0, 0.05) is 9.13 Å². The van der Waals surface area contributed by atoms with Gasteiger partial charge in [-0.25, -0.2) is 0 Å². The second kappa shape index (κ2) is 4.44. The molecule has 0 bridgehead atoms. The van der Waals surface area contributed by atoms with Gasteiger partial charge in [-0.05, 0) is 34.7 Å². The highest BCUT2D eigenvalue weighted by molar-refractivity contribution is 14.1. The van der Waals surface area contributed by atoms with E-state index in [0.717, 1.165) is 3.57 Å². The van der Waals surface area contributed by atoms with E-state index in [9.17, 15) is 4.79 Å². The molecule has 0 unspecified atom stereocenters. The first-order valence-corrected chi connectivity index (χ1v) is 5.14. The maximum Gasteiger partial charge on any atom is 0.195 e. The minimum absolute atomic E-state index is 0.255. The second-order valence-corrected chi connectivity index (χ2v) is 4.51. The van der Waals surface area contributed by atoms with Crippen LogP contribution in [0.25, 0.3) is 0 Å². The Labute approximate surface area is 94.2 Å². The molecule has 0 atom stereocenters. The molecule has 0 aliphatic heterocycles. The molecule has 0 aliphatic carbocycles. The van der Waals surface area contributed by atoms with Gasteiger partial charge in [-0.3, -0.25) is 4.79 Å². The number of carbonyl (C=O) groups is 1. The van der Waals surface area contributed by atoms with Crippen LogP contribution < -0.4 is 0 Å². The summed E-state index contributed by atoms with van der Waals surface area (Å²) >= 11 is 13.0. The van der Waals surface area contributed by atoms with E-state index in [4.69, 9.17) is 23.2 Å². The summed E-state index contributed by atoms with van der Waals surface area (Å²) in [6.45, 7) is 0. The van der Waals surface area contributed by atoms with Gasteiger partial charge in [-0.1, -0.05) is 35.3 Å². The van der Waals surface area contributed by atoms with Crippen molar-refractivity contribution in [1.29, 1.82) is 0 Å². The van der Waals surface area contributed by atoms with Crippen molar-refractivity contribution in [2.75, 3.05) is 0 Å². The molecule has 1 aromatic carbocycles. The standard InChI is InChI=1S/C8H5Cl2IO/c9-8(10)7(12)5-1-3-6(11)4-2-5/h1-4,8H. The van der Waals surface area contributed by atoms with E-state index >= 15 is 0 Å². The third-order valence-corrected chi connectivity index (χ3v) is 2.44. The number of Topliss-reactive ketones (excluding diaryl/α,β-unsaturated/α-hetero) is 1. The monoisotopic (exact) mass is 314 g/mol. The fourth-order valence-corrected chi connectivity index (χ4v) is 1.35. The number of rotatable bonds is 2. The summed E-state index contributed by atoms with van der Waals surface area (Å²) in [7, 11) is 0. The summed E-state index contributed by atoms with van der Waals surface area (Å²) in [6.07, 6.45) is 0. The van der Waals surface area contributed by atoms with Crippen LogP contribution in [0.1, 0.15) is 10.4 Å². The van der Waals surface area contributed by atoms with Gasteiger partial charge in [0.25, 0.3) is 0 Å². The first kappa shape index (κ1) is 10.3. The molecule has 64 valence electrons. The van der Waals surface area contributed by atoms with Crippen molar-refractivity contribution in [1.82, 2.24) is 0 Å². The number of carbonyl (C=O) groups excluding carboxylic acids is 1. The first-order chi connectivity index (χ1) is 5.61. The lowest BCUT2D eigenvalue weighted by Gasteiger charge is -1.99. The Morgan fingerprint density at radius 2 is 1.75 bits per heavy atom. The third-order valence-electron chi connectivity index (χ3n) is 1.33. The van der Waals surface area contributed by atoms with Crippen LogP contribution in [0, 0.1) is 3.57 Å². The fourth-order valence-electron chi connectivity index (χ4n) is 0.740. The van der Waals surface area contributed by atoms with Gasteiger partial charge < -0.3 is 0 Å². The predicted molar refractivity (Wildman–Crippen MR) is 59.0 cm³/mol. The van der Waals surface area contributed by atoms with Crippen molar-refractivity contribution < 1.29 is 4.79 Å². The average Bonchev–Trinajstić information content (AvgIpc) is 2.04. The SMILES string of the molecule is O=C(c1ccc(I)cc1)C(Cl)Cl. The minimum Gasteiger partial charge on any atom is -0.291 e. The molecular weight excluding hydrogens is 310 g/mol. The number of hydrogen-bond acceptors (Lipinski definition) is 1. The highest BCUT2D eigenvalue weighted by Crippen LogP contribution is 2.13. The zero-order valence-electron chi connectivity index (χ0n) is 5.93. The van der Waals surface area contributed by atoms with Gasteiger partial charge in [0.1, 0.15) is 0 Å². The summed E-state index contributed by atoms with van der Waals surface area (Å²) in [5.74, 6) is -0.255. The van der Waals surface area contributed by atoms with Crippen molar-refractivity contribution in [2.24, 2.45) is 0 Å². The molecule has 0 aliphatic rings. The molecule has 0 fully saturated rings. The van der Waals surface area contributed by atoms with Gasteiger partial charge in [0.05, 0.1) is 0 Å². The largest absolute Gasteiger partial charge is 0.291 e. The van der Waals surface area contributed by atoms with Crippen LogP contribution >= 0.6 is 45.8 Å². The van der Waals surface area contributed by atoms with Crippen LogP contribution in [0.3, 0.4) is 0 Å². The molecule has 12 heavy (non-hydrogen) atoms. The number of alkyl halides is 2. The smallest absolute Gasteiger partial charge is 0.195 e. The summed E-state index contributed by atoms with van der Waals surface area (Å²) in [5, 5.41) is 0. The van der Waals surface area contributed by atoms with Crippen LogP contribution in [-0.4, -0.2) is 10.6 Å². The van der Waals surface area contributed by atoms with Gasteiger partial charge in [0.15, 0.2) is 10.6 Å². The summed E-state index contributed by atoms with van der Waals surface area (Å²) in [4.78, 5) is 10.2. The maximum absolute atomic E-state index is 11.2. The van der Waals surface area contributed by atoms with E-state index in [-0.39, 0.29) is 5.78 Å². The zero-order valence-corrected chi connectivity index (χ0v) is 9.60. The first-order valence-electron chi connectivity index (χ1n) is 3.19. The lowest BCUT2D eigenvalue weighted by Crippen LogP contribution is -2.07. The molecule has 0 saturated carbocycles. The van der Waals surface area contributed by atoms with E-state index in [0.29, 0.717) is 5.56 Å². The number of benzene rings is 1. The molecule has 0 heterocycles. The van der Waals surface area contributed by atoms with E-state index in [1.807, 2.05) is 12.1 Å². The van der Waals surface area contributed by atoms with Crippen LogP contribution in [0.15, 0.2) is 24.3 Å². The van der Waals surface area contributed by atoms with E-state index in [1.165, 1.54) is 0 Å². The molecule has 0 spiro atoms. The molecule has 1 aromatic rings. The highest BCUT2D eigenvalue weighted by Gasteiger charge is 2.13. The summed E-state index contributed by atoms with van der Waals surface area (Å²) < 4.78 is 1.07. The van der Waals surface area contributed by atoms with Crippen molar-refractivity contribution >= 4 is 51.6 Å². The van der Waals surface area contributed by atoms with Gasteiger partial charge in [-0.2, -0.15) is 0 Å². The molecular formula is C8H5Cl2IO. The van der Waals surface area contributed by atoms with Crippen LogP contribution in [0.5, 0.6) is 0 Å². The van der Waals surface area contributed by atoms with Crippen molar-refractivity contribution in [3.05, 3.63) is 33.4 Å². The van der Waals surface area contributed by atoms with Crippen LogP contribution in [0.4, 0.5) is 0 Å². The van der Waals surface area contributed by atoms with E-state index in [1.54, 1.807) is 12.1 Å². The predicted octanol–water partition coefficient (Wildman–Crippen LogP) is 3.28. The molecule has 1 nitrogen and oxygen atoms in total. The quantitative estimate of drug-likeness (QED) is 0.465. The van der Waals surface area contributed by atoms with Crippen LogP contribution in [-0.2, 0) is 0 Å². The average molecular weight is 315 g/mol. The Balaban J connectivity index is 2.90. The van der Waals surface area contributed by atoms with Crippen molar-refractivity contribution in [3.8, 4) is 0 Å². The number of ketones is 1. The Morgan fingerprint density at radius 1 is 1.25 bits per heavy atom. The maximum atomic E-state index is 11.2. The Hall–Kier alpha value is 0.200. The molecule has 4 heteroatoms. The fraction of sp³-hybridized carbons (Fsp3) is 0.125. The topological polar surface area (TPSA) is 17.1 Å². The second-order valence-electron chi connectivity index (χ2n) is 2.17. The molecule has 1 rings (SSSR count). The normalized spacial score (nSPS) is 10.3. The third kappa shape index (κ3) is 2.61. The Morgan fingerprint density at radius 3 is 2.17 bits per heavy atom. The molecule has 0 amide bonds. The number of halogens is 3. The lowest BCUT2D eigenvalue weighted by molar-refractivity contribution is 0.101. The highest BCUT2D eigenvalue weighted by atomic mass is 127. The number of hydrogen-bond donors (Lipinski definition) is 0. The Bertz CT molecular complexity index is 282.